The summed E-state index contributed by atoms with van der Waals surface area (Å²) < 4.78 is 13.9. The summed E-state index contributed by atoms with van der Waals surface area (Å²) in [6.07, 6.45) is 2.75. The molecule has 0 atom stereocenters. The lowest BCUT2D eigenvalue weighted by Crippen LogP contribution is -2.16. The minimum Gasteiger partial charge on any atom is -0.382 e. The molecule has 0 radical (unpaired) electrons. The molecule has 2 heterocycles. The van der Waals surface area contributed by atoms with Gasteiger partial charge in [-0.25, -0.2) is 14.4 Å². The van der Waals surface area contributed by atoms with Gasteiger partial charge in [0.1, 0.15) is 11.9 Å². The van der Waals surface area contributed by atoms with Gasteiger partial charge in [0.25, 0.3) is 5.91 Å². The third kappa shape index (κ3) is 4.35. The van der Waals surface area contributed by atoms with Crippen molar-refractivity contribution in [1.29, 1.82) is 5.26 Å². The van der Waals surface area contributed by atoms with Crippen molar-refractivity contribution in [3.63, 3.8) is 0 Å². The molecule has 27 heavy (non-hydrogen) atoms. The number of hydrogen-bond acceptors (Lipinski definition) is 6. The Hall–Kier alpha value is -3.99. The maximum absolute atomic E-state index is 13.9. The summed E-state index contributed by atoms with van der Waals surface area (Å²) in [4.78, 5) is 19.9. The van der Waals surface area contributed by atoms with Gasteiger partial charge in [-0.3, -0.25) is 4.79 Å². The number of nitrogens with two attached hydrogens (primary N) is 1. The second-order valence-corrected chi connectivity index (χ2v) is 5.61. The number of nitrogen functional groups attached to an aromatic ring is 1. The molecule has 7 nitrogen and oxygen atoms in total. The zero-order chi connectivity index (χ0) is 19.2. The zero-order valence-corrected chi connectivity index (χ0v) is 14.1. The van der Waals surface area contributed by atoms with E-state index in [9.17, 15) is 9.18 Å². The molecule has 4 N–H and O–H groups in total. The Bertz CT molecular complexity index is 1030. The normalized spacial score (nSPS) is 10.1. The van der Waals surface area contributed by atoms with Gasteiger partial charge in [-0.15, -0.1) is 0 Å². The second kappa shape index (κ2) is 7.93. The van der Waals surface area contributed by atoms with Gasteiger partial charge in [0, 0.05) is 24.6 Å². The number of nitrogens with zero attached hydrogens (tertiary/aromatic N) is 3. The third-order valence-electron chi connectivity index (χ3n) is 3.69. The van der Waals surface area contributed by atoms with E-state index in [1.165, 1.54) is 0 Å². The zero-order valence-electron chi connectivity index (χ0n) is 14.1. The van der Waals surface area contributed by atoms with Crippen LogP contribution in [0.15, 0.2) is 54.9 Å². The molecule has 0 saturated heterocycles. The highest BCUT2D eigenvalue weighted by molar-refractivity contribution is 6.03. The number of hydrogen-bond donors (Lipinski definition) is 3. The molecule has 1 amide bonds. The highest BCUT2D eigenvalue weighted by Crippen LogP contribution is 2.17. The maximum atomic E-state index is 13.9. The lowest BCUT2D eigenvalue weighted by atomic mass is 10.2. The number of pyridine rings is 2. The first-order valence-corrected chi connectivity index (χ1v) is 7.97. The van der Waals surface area contributed by atoms with Gasteiger partial charge in [0.2, 0.25) is 0 Å². The van der Waals surface area contributed by atoms with Crippen LogP contribution in [0.4, 0.5) is 21.6 Å². The number of nitriles is 1. The minimum absolute atomic E-state index is 0.0480. The Kier molecular flexibility index (Phi) is 5.23. The Morgan fingerprint density at radius 1 is 1.22 bits per heavy atom. The van der Waals surface area contributed by atoms with Crippen molar-refractivity contribution in [2.45, 2.75) is 6.54 Å². The van der Waals surface area contributed by atoms with Crippen molar-refractivity contribution in [3.8, 4) is 6.07 Å². The minimum atomic E-state index is -0.851. The average Bonchev–Trinajstić information content (AvgIpc) is 2.67. The smallest absolute Gasteiger partial charge is 0.277 e. The number of carbonyl (C=O) groups excluding carboxylic acids is 1. The van der Waals surface area contributed by atoms with E-state index in [1.807, 2.05) is 12.1 Å². The van der Waals surface area contributed by atoms with Gasteiger partial charge >= 0.3 is 0 Å². The number of amides is 1. The van der Waals surface area contributed by atoms with E-state index in [1.54, 1.807) is 36.5 Å². The van der Waals surface area contributed by atoms with Crippen LogP contribution in [0.2, 0.25) is 0 Å². The van der Waals surface area contributed by atoms with Crippen LogP contribution >= 0.6 is 0 Å². The molecular formula is C19H15FN6O. The van der Waals surface area contributed by atoms with E-state index in [2.05, 4.69) is 20.6 Å². The lowest BCUT2D eigenvalue weighted by Gasteiger charge is -2.10. The fourth-order valence-electron chi connectivity index (χ4n) is 2.38. The van der Waals surface area contributed by atoms with Crippen LogP contribution in [0.5, 0.6) is 0 Å². The predicted molar refractivity (Wildman–Crippen MR) is 99.3 cm³/mol. The number of halogens is 1. The van der Waals surface area contributed by atoms with Gasteiger partial charge in [-0.1, -0.05) is 12.1 Å². The standard InChI is InChI=1S/C19H15FN6O/c20-15-8-13(9-21)11-25-17(15)19(27)26-14-4-1-3-12(7-14)10-24-16-5-2-6-23-18(16)22/h1-8,11,24H,10H2,(H2,22,23)(H,26,27). The van der Waals surface area contributed by atoms with Crippen LogP contribution in [0.1, 0.15) is 21.6 Å². The molecule has 0 fully saturated rings. The summed E-state index contributed by atoms with van der Waals surface area (Å²) in [5.41, 5.74) is 7.53. The summed E-state index contributed by atoms with van der Waals surface area (Å²) in [5, 5.41) is 14.5. The van der Waals surface area contributed by atoms with Crippen LogP contribution in [0.3, 0.4) is 0 Å². The lowest BCUT2D eigenvalue weighted by molar-refractivity contribution is 0.101. The van der Waals surface area contributed by atoms with E-state index >= 15 is 0 Å². The van der Waals surface area contributed by atoms with Crippen LogP contribution in [0, 0.1) is 17.1 Å². The number of carbonyl (C=O) groups is 1. The largest absolute Gasteiger partial charge is 0.382 e. The average molecular weight is 362 g/mol. The molecule has 0 aliphatic heterocycles. The van der Waals surface area contributed by atoms with E-state index in [4.69, 9.17) is 11.0 Å². The molecule has 3 rings (SSSR count). The third-order valence-corrected chi connectivity index (χ3v) is 3.69. The monoisotopic (exact) mass is 362 g/mol. The summed E-state index contributed by atoms with van der Waals surface area (Å²) in [6.45, 7) is 0.461. The van der Waals surface area contributed by atoms with Crippen LogP contribution in [-0.2, 0) is 6.54 Å². The van der Waals surface area contributed by atoms with Crippen LogP contribution in [-0.4, -0.2) is 15.9 Å². The fourth-order valence-corrected chi connectivity index (χ4v) is 2.38. The van der Waals surface area contributed by atoms with Crippen molar-refractivity contribution >= 4 is 23.1 Å². The molecule has 2 aromatic heterocycles. The Labute approximate surface area is 154 Å². The molecule has 0 aliphatic carbocycles. The van der Waals surface area contributed by atoms with Crippen molar-refractivity contribution in [2.24, 2.45) is 0 Å². The Balaban J connectivity index is 1.69. The first-order valence-electron chi connectivity index (χ1n) is 7.97. The summed E-state index contributed by atoms with van der Waals surface area (Å²) in [6, 6.07) is 13.4. The predicted octanol–water partition coefficient (Wildman–Crippen LogP) is 2.93. The van der Waals surface area contributed by atoms with Gasteiger partial charge in [-0.2, -0.15) is 5.26 Å². The SMILES string of the molecule is N#Cc1cnc(C(=O)Nc2cccc(CNc3cccnc3N)c2)c(F)c1. The number of benzene rings is 1. The summed E-state index contributed by atoms with van der Waals surface area (Å²) in [7, 11) is 0. The fraction of sp³-hybridized carbons (Fsp3) is 0.0526. The molecule has 1 aromatic carbocycles. The van der Waals surface area contributed by atoms with E-state index in [-0.39, 0.29) is 11.3 Å². The molecular weight excluding hydrogens is 347 g/mol. The van der Waals surface area contributed by atoms with Crippen LogP contribution < -0.4 is 16.4 Å². The molecule has 8 heteroatoms. The van der Waals surface area contributed by atoms with Gasteiger partial charge in [-0.05, 0) is 35.9 Å². The van der Waals surface area contributed by atoms with Crippen molar-refractivity contribution < 1.29 is 9.18 Å². The molecule has 0 aliphatic rings. The second-order valence-electron chi connectivity index (χ2n) is 5.61. The number of rotatable bonds is 5. The first-order chi connectivity index (χ1) is 13.1. The van der Waals surface area contributed by atoms with Gasteiger partial charge < -0.3 is 16.4 Å². The van der Waals surface area contributed by atoms with Gasteiger partial charge in [0.15, 0.2) is 11.5 Å². The Morgan fingerprint density at radius 3 is 2.81 bits per heavy atom. The molecule has 134 valence electrons. The molecule has 3 aromatic rings. The number of nitrogens with one attached hydrogen (secondary N) is 2. The summed E-state index contributed by atoms with van der Waals surface area (Å²) in [5.74, 6) is -1.15. The molecule has 0 spiro atoms. The van der Waals surface area contributed by atoms with E-state index in [0.717, 1.165) is 17.8 Å². The van der Waals surface area contributed by atoms with E-state index < -0.39 is 11.7 Å². The quantitative estimate of drug-likeness (QED) is 0.642. The topological polar surface area (TPSA) is 117 Å². The van der Waals surface area contributed by atoms with Crippen molar-refractivity contribution in [1.82, 2.24) is 9.97 Å². The molecule has 0 bridgehead atoms. The van der Waals surface area contributed by atoms with Crippen LogP contribution in [0.25, 0.3) is 0 Å². The Morgan fingerprint density at radius 2 is 2.07 bits per heavy atom. The number of aromatic nitrogens is 2. The summed E-state index contributed by atoms with van der Waals surface area (Å²) >= 11 is 0. The highest BCUT2D eigenvalue weighted by atomic mass is 19.1. The molecule has 0 unspecified atom stereocenters. The maximum Gasteiger partial charge on any atom is 0.277 e. The first kappa shape index (κ1) is 17.8. The van der Waals surface area contributed by atoms with Gasteiger partial charge in [0.05, 0.1) is 11.3 Å². The molecule has 0 saturated carbocycles. The highest BCUT2D eigenvalue weighted by Gasteiger charge is 2.14. The number of anilines is 3. The van der Waals surface area contributed by atoms with Crippen molar-refractivity contribution in [2.75, 3.05) is 16.4 Å². The van der Waals surface area contributed by atoms with Crippen molar-refractivity contribution in [3.05, 3.63) is 77.5 Å². The van der Waals surface area contributed by atoms with E-state index in [0.29, 0.717) is 23.7 Å².